The molecule has 1 heterocycles. The first-order valence-electron chi connectivity index (χ1n) is 6.51. The van der Waals surface area contributed by atoms with Crippen molar-refractivity contribution in [3.05, 3.63) is 52.0 Å². The van der Waals surface area contributed by atoms with Gasteiger partial charge in [-0.3, -0.25) is 4.99 Å². The average Bonchev–Trinajstić information content (AvgIpc) is 3.01. The zero-order chi connectivity index (χ0) is 15.1. The summed E-state index contributed by atoms with van der Waals surface area (Å²) in [5.41, 5.74) is 2.15. The molecule has 2 N–H and O–H groups in total. The first-order valence-corrected chi connectivity index (χ1v) is 8.67. The molecule has 21 heavy (non-hydrogen) atoms. The fraction of sp³-hybridized carbons (Fsp3) is 0.267. The van der Waals surface area contributed by atoms with Crippen molar-refractivity contribution in [3.8, 4) is 0 Å². The number of nitrogens with zero attached hydrogens (tertiary/aromatic N) is 1. The van der Waals surface area contributed by atoms with Crippen molar-refractivity contribution in [2.45, 2.75) is 18.0 Å². The highest BCUT2D eigenvalue weighted by atomic mass is 32.2. The van der Waals surface area contributed by atoms with E-state index in [0.29, 0.717) is 12.5 Å². The molecule has 0 saturated heterocycles. The number of thiophene rings is 1. The smallest absolute Gasteiger partial charge is 0.191 e. The summed E-state index contributed by atoms with van der Waals surface area (Å²) in [6.07, 6.45) is 1.99. The molecule has 0 spiro atoms. The summed E-state index contributed by atoms with van der Waals surface area (Å²) in [5, 5.41) is 10.6. The molecule has 0 atom stereocenters. The molecule has 6 heteroatoms. The Kier molecular flexibility index (Phi) is 6.07. The first-order chi connectivity index (χ1) is 10.2. The molecule has 0 aliphatic rings. The Bertz CT molecular complexity index is 597. The fourth-order valence-electron chi connectivity index (χ4n) is 1.86. The quantitative estimate of drug-likeness (QED) is 0.502. The highest BCUT2D eigenvalue weighted by molar-refractivity contribution is 7.98. The number of benzene rings is 1. The highest BCUT2D eigenvalue weighted by Crippen LogP contribution is 2.21. The molecule has 2 rings (SSSR count). The van der Waals surface area contributed by atoms with Crippen molar-refractivity contribution in [2.24, 2.45) is 4.99 Å². The minimum absolute atomic E-state index is 0.217. The Balaban J connectivity index is 1.92. The molecule has 0 saturated carbocycles. The number of rotatable bonds is 5. The first kappa shape index (κ1) is 15.9. The van der Waals surface area contributed by atoms with Crippen LogP contribution in [0.25, 0.3) is 0 Å². The molecule has 0 bridgehead atoms. The van der Waals surface area contributed by atoms with Crippen LogP contribution in [0, 0.1) is 5.82 Å². The predicted molar refractivity (Wildman–Crippen MR) is 89.5 cm³/mol. The number of hydrogen-bond acceptors (Lipinski definition) is 3. The maximum Gasteiger partial charge on any atom is 0.191 e. The molecular formula is C15H18FN3S2. The third-order valence-corrected chi connectivity index (χ3v) is 4.52. The Morgan fingerprint density at radius 2 is 2.10 bits per heavy atom. The van der Waals surface area contributed by atoms with Crippen LogP contribution in [-0.4, -0.2) is 19.3 Å². The van der Waals surface area contributed by atoms with Crippen molar-refractivity contribution in [3.63, 3.8) is 0 Å². The average molecular weight is 323 g/mol. The van der Waals surface area contributed by atoms with Crippen LogP contribution >= 0.6 is 23.1 Å². The summed E-state index contributed by atoms with van der Waals surface area (Å²) < 4.78 is 13.3. The predicted octanol–water partition coefficient (Wildman–Crippen LogP) is 3.47. The minimum Gasteiger partial charge on any atom is -0.352 e. The summed E-state index contributed by atoms with van der Waals surface area (Å²) in [6, 6.07) is 6.92. The second-order valence-corrected chi connectivity index (χ2v) is 6.00. The van der Waals surface area contributed by atoms with E-state index in [-0.39, 0.29) is 5.82 Å². The normalized spacial score (nSPS) is 11.5. The standard InChI is InChI=1S/C15H18FN3S2/c1-17-15(18-8-11-5-6-21-10-11)19-9-12-7-13(16)3-4-14(12)20-2/h3-7,10H,8-9H2,1-2H3,(H2,17,18,19). The number of halogens is 1. The molecular weight excluding hydrogens is 305 g/mol. The van der Waals surface area contributed by atoms with E-state index in [4.69, 9.17) is 0 Å². The second kappa shape index (κ2) is 8.05. The lowest BCUT2D eigenvalue weighted by atomic mass is 10.2. The zero-order valence-corrected chi connectivity index (χ0v) is 13.7. The highest BCUT2D eigenvalue weighted by Gasteiger charge is 2.05. The van der Waals surface area contributed by atoms with E-state index in [1.165, 1.54) is 11.6 Å². The molecule has 112 valence electrons. The Morgan fingerprint density at radius 3 is 2.76 bits per heavy atom. The Morgan fingerprint density at radius 1 is 1.29 bits per heavy atom. The molecule has 0 fully saturated rings. The molecule has 0 aliphatic heterocycles. The number of hydrogen-bond donors (Lipinski definition) is 2. The van der Waals surface area contributed by atoms with Crippen molar-refractivity contribution in [2.75, 3.05) is 13.3 Å². The lowest BCUT2D eigenvalue weighted by molar-refractivity contribution is 0.622. The maximum absolute atomic E-state index is 13.3. The molecule has 0 unspecified atom stereocenters. The van der Waals surface area contributed by atoms with Gasteiger partial charge in [0.05, 0.1) is 0 Å². The van der Waals surface area contributed by atoms with Crippen LogP contribution in [0.4, 0.5) is 4.39 Å². The van der Waals surface area contributed by atoms with Crippen LogP contribution < -0.4 is 10.6 Å². The Labute approximate surface area is 132 Å². The van der Waals surface area contributed by atoms with Crippen LogP contribution in [0.3, 0.4) is 0 Å². The SMILES string of the molecule is CN=C(NCc1ccsc1)NCc1cc(F)ccc1SC. The minimum atomic E-state index is -0.217. The molecule has 3 nitrogen and oxygen atoms in total. The summed E-state index contributed by atoms with van der Waals surface area (Å²) in [4.78, 5) is 5.24. The van der Waals surface area contributed by atoms with E-state index < -0.39 is 0 Å². The van der Waals surface area contributed by atoms with Gasteiger partial charge in [-0.25, -0.2) is 4.39 Å². The van der Waals surface area contributed by atoms with Gasteiger partial charge >= 0.3 is 0 Å². The van der Waals surface area contributed by atoms with Crippen LogP contribution in [0.1, 0.15) is 11.1 Å². The van der Waals surface area contributed by atoms with Crippen LogP contribution in [0.15, 0.2) is 44.9 Å². The Hall–Kier alpha value is -1.53. The van der Waals surface area contributed by atoms with E-state index in [2.05, 4.69) is 27.1 Å². The van der Waals surface area contributed by atoms with Crippen molar-refractivity contribution in [1.29, 1.82) is 0 Å². The molecule has 1 aromatic heterocycles. The summed E-state index contributed by atoms with van der Waals surface area (Å²) in [5.74, 6) is 0.489. The van der Waals surface area contributed by atoms with Gasteiger partial charge in [0.2, 0.25) is 0 Å². The summed E-state index contributed by atoms with van der Waals surface area (Å²) in [6.45, 7) is 1.26. The third kappa shape index (κ3) is 4.75. The third-order valence-electron chi connectivity index (χ3n) is 2.95. The van der Waals surface area contributed by atoms with E-state index >= 15 is 0 Å². The lowest BCUT2D eigenvalue weighted by Crippen LogP contribution is -2.36. The van der Waals surface area contributed by atoms with Crippen LogP contribution in [-0.2, 0) is 13.1 Å². The van der Waals surface area contributed by atoms with Crippen LogP contribution in [0.2, 0.25) is 0 Å². The number of aliphatic imine (C=N–C) groups is 1. The maximum atomic E-state index is 13.3. The van der Waals surface area contributed by atoms with E-state index in [0.717, 1.165) is 17.0 Å². The van der Waals surface area contributed by atoms with Crippen molar-refractivity contribution >= 4 is 29.1 Å². The van der Waals surface area contributed by atoms with Gasteiger partial charge in [-0.15, -0.1) is 11.8 Å². The second-order valence-electron chi connectivity index (χ2n) is 4.37. The van der Waals surface area contributed by atoms with E-state index in [1.54, 1.807) is 42.3 Å². The topological polar surface area (TPSA) is 36.4 Å². The van der Waals surface area contributed by atoms with Crippen LogP contribution in [0.5, 0.6) is 0 Å². The van der Waals surface area contributed by atoms with Gasteiger partial charge in [0.25, 0.3) is 0 Å². The molecule has 0 aliphatic carbocycles. The van der Waals surface area contributed by atoms with Crippen molar-refractivity contribution < 1.29 is 4.39 Å². The summed E-state index contributed by atoms with van der Waals surface area (Å²) in [7, 11) is 1.73. The number of thioether (sulfide) groups is 1. The monoisotopic (exact) mass is 323 g/mol. The molecule has 0 amide bonds. The summed E-state index contributed by atoms with van der Waals surface area (Å²) >= 11 is 3.28. The van der Waals surface area contributed by atoms with Gasteiger partial charge in [0, 0.05) is 25.0 Å². The van der Waals surface area contributed by atoms with E-state index in [9.17, 15) is 4.39 Å². The van der Waals surface area contributed by atoms with Crippen molar-refractivity contribution in [1.82, 2.24) is 10.6 Å². The molecule has 0 radical (unpaired) electrons. The van der Waals surface area contributed by atoms with E-state index in [1.807, 2.05) is 11.6 Å². The van der Waals surface area contributed by atoms with Gasteiger partial charge in [0.15, 0.2) is 5.96 Å². The van der Waals surface area contributed by atoms with Gasteiger partial charge in [-0.05, 0) is 52.4 Å². The number of guanidine groups is 1. The van der Waals surface area contributed by atoms with Gasteiger partial charge in [-0.1, -0.05) is 0 Å². The number of nitrogens with one attached hydrogen (secondary N) is 2. The van der Waals surface area contributed by atoms with Gasteiger partial charge in [-0.2, -0.15) is 11.3 Å². The van der Waals surface area contributed by atoms with Gasteiger partial charge in [0.1, 0.15) is 5.82 Å². The lowest BCUT2D eigenvalue weighted by Gasteiger charge is -2.13. The van der Waals surface area contributed by atoms with Gasteiger partial charge < -0.3 is 10.6 Å². The molecule has 1 aromatic carbocycles. The largest absolute Gasteiger partial charge is 0.352 e. The fourth-order valence-corrected chi connectivity index (χ4v) is 3.13. The zero-order valence-electron chi connectivity index (χ0n) is 12.0. The molecule has 2 aromatic rings.